The lowest BCUT2D eigenvalue weighted by Gasteiger charge is -2.24. The van der Waals surface area contributed by atoms with Crippen LogP contribution in [-0.2, 0) is 0 Å². The first kappa shape index (κ1) is 19.1. The van der Waals surface area contributed by atoms with E-state index in [4.69, 9.17) is 9.47 Å². The van der Waals surface area contributed by atoms with Crippen molar-refractivity contribution in [3.8, 4) is 11.5 Å². The highest BCUT2D eigenvalue weighted by atomic mass is 16.5. The van der Waals surface area contributed by atoms with Crippen LogP contribution in [0.4, 0.5) is 5.69 Å². The van der Waals surface area contributed by atoms with Gasteiger partial charge in [0.05, 0.1) is 14.2 Å². The van der Waals surface area contributed by atoms with E-state index < -0.39 is 0 Å². The molecule has 1 rings (SSSR count). The lowest BCUT2D eigenvalue weighted by Crippen LogP contribution is -2.39. The van der Waals surface area contributed by atoms with Crippen molar-refractivity contribution >= 4 is 11.6 Å². The zero-order chi connectivity index (χ0) is 17.2. The van der Waals surface area contributed by atoms with Crippen molar-refractivity contribution < 1.29 is 9.47 Å². The minimum atomic E-state index is 0.581. The molecule has 23 heavy (non-hydrogen) atoms. The molecule has 0 saturated heterocycles. The van der Waals surface area contributed by atoms with Crippen molar-refractivity contribution in [3.63, 3.8) is 0 Å². The molecule has 0 aliphatic rings. The average molecular weight is 322 g/mol. The Bertz CT molecular complexity index is 505. The molecule has 0 aromatic heterocycles. The van der Waals surface area contributed by atoms with Crippen LogP contribution >= 0.6 is 0 Å². The van der Waals surface area contributed by atoms with Crippen LogP contribution in [0.2, 0.25) is 0 Å². The van der Waals surface area contributed by atoms with Crippen LogP contribution in [0.15, 0.2) is 23.2 Å². The number of aliphatic imine (C=N–C) groups is 1. The molecule has 1 unspecified atom stereocenters. The maximum absolute atomic E-state index is 5.31. The number of anilines is 1. The van der Waals surface area contributed by atoms with Crippen LogP contribution < -0.4 is 20.1 Å². The quantitative estimate of drug-likeness (QED) is 0.569. The van der Waals surface area contributed by atoms with Gasteiger partial charge in [0, 0.05) is 37.9 Å². The molecule has 0 heterocycles. The van der Waals surface area contributed by atoms with Gasteiger partial charge in [0.1, 0.15) is 0 Å². The normalized spacial score (nSPS) is 12.9. The average Bonchev–Trinajstić information content (AvgIpc) is 2.59. The number of guanidine groups is 1. The molecule has 0 aliphatic carbocycles. The predicted molar refractivity (Wildman–Crippen MR) is 96.9 cm³/mol. The molecular weight excluding hydrogens is 292 g/mol. The van der Waals surface area contributed by atoms with E-state index in [-0.39, 0.29) is 0 Å². The van der Waals surface area contributed by atoms with Gasteiger partial charge in [-0.25, -0.2) is 0 Å². The van der Waals surface area contributed by atoms with Crippen LogP contribution in [0.25, 0.3) is 0 Å². The minimum Gasteiger partial charge on any atom is -0.493 e. The summed E-state index contributed by atoms with van der Waals surface area (Å²) in [5.74, 6) is 2.12. The molecule has 2 N–H and O–H groups in total. The summed E-state index contributed by atoms with van der Waals surface area (Å²) in [4.78, 5) is 6.58. The maximum atomic E-state index is 5.31. The molecule has 1 atom stereocenters. The van der Waals surface area contributed by atoms with Gasteiger partial charge in [0.2, 0.25) is 0 Å². The van der Waals surface area contributed by atoms with Gasteiger partial charge >= 0.3 is 0 Å². The van der Waals surface area contributed by atoms with Crippen LogP contribution in [0.1, 0.15) is 20.3 Å². The first-order valence-corrected chi connectivity index (χ1v) is 7.95. The zero-order valence-electron chi connectivity index (χ0n) is 15.1. The van der Waals surface area contributed by atoms with E-state index in [9.17, 15) is 0 Å². The summed E-state index contributed by atoms with van der Waals surface area (Å²) in [6.45, 7) is 6.22. The van der Waals surface area contributed by atoms with Crippen LogP contribution in [0.3, 0.4) is 0 Å². The summed E-state index contributed by atoms with van der Waals surface area (Å²) in [5.41, 5.74) is 0.894. The second kappa shape index (κ2) is 9.94. The van der Waals surface area contributed by atoms with E-state index in [2.05, 4.69) is 41.4 Å². The summed E-state index contributed by atoms with van der Waals surface area (Å²) in [6.07, 6.45) is 1.15. The third-order valence-electron chi connectivity index (χ3n) is 3.97. The Balaban J connectivity index is 2.57. The Morgan fingerprint density at radius 3 is 2.52 bits per heavy atom. The van der Waals surface area contributed by atoms with Gasteiger partial charge in [0.15, 0.2) is 17.5 Å². The molecule has 1 aromatic carbocycles. The molecule has 6 nitrogen and oxygen atoms in total. The SMILES string of the molecule is CCC(C)N(C)CCNC(=NC)Nc1ccc(OC)c(OC)c1. The summed E-state index contributed by atoms with van der Waals surface area (Å²) < 4.78 is 10.6. The van der Waals surface area contributed by atoms with Crippen LogP contribution in [-0.4, -0.2) is 58.3 Å². The van der Waals surface area contributed by atoms with E-state index in [0.29, 0.717) is 17.5 Å². The van der Waals surface area contributed by atoms with Crippen molar-refractivity contribution in [2.75, 3.05) is 46.7 Å². The highest BCUT2D eigenvalue weighted by Crippen LogP contribution is 2.29. The molecular formula is C17H30N4O2. The summed E-state index contributed by atoms with van der Waals surface area (Å²) in [6, 6.07) is 6.26. The molecule has 0 fully saturated rings. The van der Waals surface area contributed by atoms with Gasteiger partial charge in [0.25, 0.3) is 0 Å². The fourth-order valence-corrected chi connectivity index (χ4v) is 2.11. The van der Waals surface area contributed by atoms with E-state index in [1.165, 1.54) is 0 Å². The number of nitrogens with one attached hydrogen (secondary N) is 2. The van der Waals surface area contributed by atoms with E-state index in [0.717, 1.165) is 31.2 Å². The fourth-order valence-electron chi connectivity index (χ4n) is 2.11. The Hall–Kier alpha value is -1.95. The number of nitrogens with zero attached hydrogens (tertiary/aromatic N) is 2. The van der Waals surface area contributed by atoms with Crippen molar-refractivity contribution in [2.24, 2.45) is 4.99 Å². The first-order chi connectivity index (χ1) is 11.0. The maximum Gasteiger partial charge on any atom is 0.195 e. The van der Waals surface area contributed by atoms with Crippen molar-refractivity contribution in [1.29, 1.82) is 0 Å². The molecule has 6 heteroatoms. The minimum absolute atomic E-state index is 0.581. The van der Waals surface area contributed by atoms with Gasteiger partial charge in [-0.15, -0.1) is 0 Å². The Kier molecular flexibility index (Phi) is 8.26. The van der Waals surface area contributed by atoms with Crippen LogP contribution in [0, 0.1) is 0 Å². The van der Waals surface area contributed by atoms with E-state index in [1.54, 1.807) is 21.3 Å². The highest BCUT2D eigenvalue weighted by Gasteiger charge is 2.08. The molecule has 0 amide bonds. The number of methoxy groups -OCH3 is 2. The molecule has 0 aliphatic heterocycles. The van der Waals surface area contributed by atoms with Gasteiger partial charge in [-0.2, -0.15) is 0 Å². The Morgan fingerprint density at radius 1 is 1.26 bits per heavy atom. The second-order valence-electron chi connectivity index (χ2n) is 5.43. The van der Waals surface area contributed by atoms with E-state index >= 15 is 0 Å². The van der Waals surface area contributed by atoms with Gasteiger partial charge in [-0.1, -0.05) is 6.92 Å². The molecule has 0 spiro atoms. The molecule has 0 saturated carbocycles. The second-order valence-corrected chi connectivity index (χ2v) is 5.43. The third-order valence-corrected chi connectivity index (χ3v) is 3.97. The topological polar surface area (TPSA) is 58.1 Å². The van der Waals surface area contributed by atoms with Crippen molar-refractivity contribution in [2.45, 2.75) is 26.3 Å². The highest BCUT2D eigenvalue weighted by molar-refractivity contribution is 5.93. The smallest absolute Gasteiger partial charge is 0.195 e. The Morgan fingerprint density at radius 2 is 1.96 bits per heavy atom. The van der Waals surface area contributed by atoms with Gasteiger partial charge in [-0.3, -0.25) is 4.99 Å². The number of rotatable bonds is 8. The van der Waals surface area contributed by atoms with Gasteiger partial charge < -0.3 is 25.0 Å². The lowest BCUT2D eigenvalue weighted by atomic mass is 10.2. The Labute approximate surface area is 139 Å². The summed E-state index contributed by atoms with van der Waals surface area (Å²) in [7, 11) is 7.15. The zero-order valence-corrected chi connectivity index (χ0v) is 15.1. The molecule has 0 bridgehead atoms. The molecule has 130 valence electrons. The largest absolute Gasteiger partial charge is 0.493 e. The monoisotopic (exact) mass is 322 g/mol. The van der Waals surface area contributed by atoms with Crippen molar-refractivity contribution in [3.05, 3.63) is 18.2 Å². The number of benzene rings is 1. The first-order valence-electron chi connectivity index (χ1n) is 7.95. The number of hydrogen-bond acceptors (Lipinski definition) is 4. The van der Waals surface area contributed by atoms with Crippen LogP contribution in [0.5, 0.6) is 11.5 Å². The molecule has 1 aromatic rings. The standard InChI is InChI=1S/C17H30N4O2/c1-7-13(2)21(4)11-10-19-17(18-3)20-14-8-9-15(22-5)16(12-14)23-6/h8-9,12-13H,7,10-11H2,1-6H3,(H2,18,19,20). The van der Waals surface area contributed by atoms with E-state index in [1.807, 2.05) is 18.2 Å². The number of ether oxygens (including phenoxy) is 2. The summed E-state index contributed by atoms with van der Waals surface area (Å²) >= 11 is 0. The number of hydrogen-bond donors (Lipinski definition) is 2. The molecule has 0 radical (unpaired) electrons. The van der Waals surface area contributed by atoms with Gasteiger partial charge in [-0.05, 0) is 32.5 Å². The third kappa shape index (κ3) is 5.98. The summed E-state index contributed by atoms with van der Waals surface area (Å²) in [5, 5.41) is 6.58. The predicted octanol–water partition coefficient (Wildman–Crippen LogP) is 2.42. The van der Waals surface area contributed by atoms with Crippen molar-refractivity contribution in [1.82, 2.24) is 10.2 Å². The lowest BCUT2D eigenvalue weighted by molar-refractivity contribution is 0.256. The number of likely N-dealkylation sites (N-methyl/N-ethyl adjacent to an activating group) is 1. The fraction of sp³-hybridized carbons (Fsp3) is 0.588.